The minimum atomic E-state index is -0.720. The molecule has 1 fully saturated rings. The van der Waals surface area contributed by atoms with Crippen LogP contribution >= 0.6 is 0 Å². The van der Waals surface area contributed by atoms with Crippen molar-refractivity contribution < 1.29 is 14.3 Å². The van der Waals surface area contributed by atoms with Crippen LogP contribution in [0.4, 0.5) is 0 Å². The molecular formula is C14H18O3. The molecule has 0 radical (unpaired) electrons. The van der Waals surface area contributed by atoms with Gasteiger partial charge in [0.1, 0.15) is 0 Å². The van der Waals surface area contributed by atoms with Gasteiger partial charge < -0.3 is 4.74 Å². The van der Waals surface area contributed by atoms with E-state index in [1.807, 2.05) is 6.08 Å². The normalized spacial score (nSPS) is 40.4. The Balaban J connectivity index is 2.42. The van der Waals surface area contributed by atoms with E-state index in [0.717, 1.165) is 6.42 Å². The number of carbonyl (C=O) groups excluding carboxylic acids is 2. The highest BCUT2D eigenvalue weighted by molar-refractivity contribution is 5.88. The van der Waals surface area contributed by atoms with Crippen molar-refractivity contribution >= 4 is 11.8 Å². The maximum Gasteiger partial charge on any atom is 0.307 e. The molecule has 17 heavy (non-hydrogen) atoms. The molecular weight excluding hydrogens is 216 g/mol. The summed E-state index contributed by atoms with van der Waals surface area (Å²) in [4.78, 5) is 22.7. The molecule has 3 atom stereocenters. The van der Waals surface area contributed by atoms with Crippen LogP contribution in [0.15, 0.2) is 24.3 Å². The van der Waals surface area contributed by atoms with Crippen LogP contribution in [-0.4, -0.2) is 17.4 Å². The van der Waals surface area contributed by atoms with E-state index in [4.69, 9.17) is 4.74 Å². The van der Waals surface area contributed by atoms with Gasteiger partial charge in [0.25, 0.3) is 0 Å². The van der Waals surface area contributed by atoms with Gasteiger partial charge in [0, 0.05) is 5.41 Å². The van der Waals surface area contributed by atoms with Crippen molar-refractivity contribution in [2.24, 2.45) is 11.3 Å². The highest BCUT2D eigenvalue weighted by Crippen LogP contribution is 2.52. The van der Waals surface area contributed by atoms with E-state index in [-0.39, 0.29) is 17.2 Å². The van der Waals surface area contributed by atoms with Crippen LogP contribution in [0.5, 0.6) is 0 Å². The highest BCUT2D eigenvalue weighted by Gasteiger charge is 2.56. The lowest BCUT2D eigenvalue weighted by atomic mass is 9.64. The van der Waals surface area contributed by atoms with E-state index >= 15 is 0 Å². The third-order valence-electron chi connectivity index (χ3n) is 3.77. The molecule has 3 heteroatoms. The first-order chi connectivity index (χ1) is 7.87. The van der Waals surface area contributed by atoms with Crippen LogP contribution < -0.4 is 0 Å². The van der Waals surface area contributed by atoms with Gasteiger partial charge in [0.05, 0.1) is 6.42 Å². The molecule has 92 valence electrons. The predicted molar refractivity (Wildman–Crippen MR) is 64.3 cm³/mol. The molecule has 0 aromatic carbocycles. The Hall–Kier alpha value is -1.38. The number of esters is 1. The Morgan fingerprint density at radius 1 is 1.59 bits per heavy atom. The maximum absolute atomic E-state index is 11.6. The Bertz CT molecular complexity index is 421. The van der Waals surface area contributed by atoms with Crippen LogP contribution in [0.1, 0.15) is 33.6 Å². The fraction of sp³-hybridized carbons (Fsp3) is 0.571. The van der Waals surface area contributed by atoms with Gasteiger partial charge in [-0.2, -0.15) is 0 Å². The van der Waals surface area contributed by atoms with E-state index in [1.165, 1.54) is 13.0 Å². The van der Waals surface area contributed by atoms with Crippen molar-refractivity contribution in [2.75, 3.05) is 0 Å². The maximum atomic E-state index is 11.6. The number of hydrogen-bond donors (Lipinski definition) is 0. The summed E-state index contributed by atoms with van der Waals surface area (Å²) in [6.45, 7) is 5.68. The third-order valence-corrected chi connectivity index (χ3v) is 3.77. The van der Waals surface area contributed by atoms with E-state index in [0.29, 0.717) is 12.3 Å². The summed E-state index contributed by atoms with van der Waals surface area (Å²) in [6.07, 6.45) is 8.55. The van der Waals surface area contributed by atoms with Crippen molar-refractivity contribution in [2.45, 2.75) is 39.2 Å². The average molecular weight is 234 g/mol. The minimum absolute atomic E-state index is 0.0308. The smallest absolute Gasteiger partial charge is 0.307 e. The second kappa shape index (κ2) is 3.83. The van der Waals surface area contributed by atoms with Crippen LogP contribution in [0.25, 0.3) is 0 Å². The summed E-state index contributed by atoms with van der Waals surface area (Å²) in [5.74, 6) is 0.226. The molecule has 0 amide bonds. The molecule has 1 aliphatic heterocycles. The van der Waals surface area contributed by atoms with Crippen LogP contribution in [0.2, 0.25) is 0 Å². The van der Waals surface area contributed by atoms with Gasteiger partial charge in [-0.15, -0.1) is 0 Å². The summed E-state index contributed by atoms with van der Waals surface area (Å²) in [7, 11) is 0. The number of allylic oxidation sites excluding steroid dienone is 2. The molecule has 3 nitrogen and oxygen atoms in total. The number of carbonyl (C=O) groups is 2. The fourth-order valence-corrected chi connectivity index (χ4v) is 2.89. The Morgan fingerprint density at radius 2 is 2.29 bits per heavy atom. The molecule has 1 heterocycles. The molecule has 1 unspecified atom stereocenters. The molecule has 0 aromatic rings. The first-order valence-electron chi connectivity index (χ1n) is 5.98. The standard InChI is InChI=1S/C14H18O3/c1-10-4-6-14(7-5-11(2)15)13(3,8-10)9-12(16)17-14/h4-7,10H,8-9H2,1-3H3/b7-5+/t10?,13-,14+/m0/s1. The van der Waals surface area contributed by atoms with Crippen LogP contribution in [0, 0.1) is 11.3 Å². The lowest BCUT2D eigenvalue weighted by Crippen LogP contribution is -2.43. The number of ether oxygens (including phenoxy) is 1. The third kappa shape index (κ3) is 1.94. The van der Waals surface area contributed by atoms with Gasteiger partial charge in [0.2, 0.25) is 0 Å². The van der Waals surface area contributed by atoms with Gasteiger partial charge >= 0.3 is 5.97 Å². The average Bonchev–Trinajstić information content (AvgIpc) is 2.45. The molecule has 2 rings (SSSR count). The largest absolute Gasteiger partial charge is 0.450 e. The molecule has 0 bridgehead atoms. The first-order valence-corrected chi connectivity index (χ1v) is 5.98. The van der Waals surface area contributed by atoms with Gasteiger partial charge in [0.15, 0.2) is 11.4 Å². The van der Waals surface area contributed by atoms with Crippen molar-refractivity contribution in [3.05, 3.63) is 24.3 Å². The summed E-state index contributed by atoms with van der Waals surface area (Å²) in [6, 6.07) is 0. The number of hydrogen-bond acceptors (Lipinski definition) is 3. The Kier molecular flexibility index (Phi) is 2.72. The van der Waals surface area contributed by atoms with E-state index in [1.54, 1.807) is 6.08 Å². The Labute approximate surface area is 102 Å². The van der Waals surface area contributed by atoms with Crippen molar-refractivity contribution in [1.82, 2.24) is 0 Å². The zero-order chi connectivity index (χ0) is 12.7. The fourth-order valence-electron chi connectivity index (χ4n) is 2.89. The molecule has 0 spiro atoms. The Morgan fingerprint density at radius 3 is 2.94 bits per heavy atom. The molecule has 0 aromatic heterocycles. The zero-order valence-electron chi connectivity index (χ0n) is 10.5. The predicted octanol–water partition coefficient (Wildman–Crippen LogP) is 2.42. The lowest BCUT2D eigenvalue weighted by molar-refractivity contribution is -0.144. The second-order valence-electron chi connectivity index (χ2n) is 5.49. The van der Waals surface area contributed by atoms with Crippen LogP contribution in [-0.2, 0) is 14.3 Å². The van der Waals surface area contributed by atoms with Gasteiger partial charge in [-0.3, -0.25) is 9.59 Å². The topological polar surface area (TPSA) is 43.4 Å². The first kappa shape index (κ1) is 12.1. The monoisotopic (exact) mass is 234 g/mol. The highest BCUT2D eigenvalue weighted by atomic mass is 16.6. The van der Waals surface area contributed by atoms with Crippen molar-refractivity contribution in [3.63, 3.8) is 0 Å². The number of ketones is 1. The molecule has 2 aliphatic rings. The summed E-state index contributed by atoms with van der Waals surface area (Å²) < 4.78 is 5.49. The number of rotatable bonds is 2. The molecule has 1 saturated heterocycles. The minimum Gasteiger partial charge on any atom is -0.450 e. The molecule has 0 N–H and O–H groups in total. The summed E-state index contributed by atoms with van der Waals surface area (Å²) in [5.41, 5.74) is -0.952. The van der Waals surface area contributed by atoms with Gasteiger partial charge in [-0.05, 0) is 37.5 Å². The van der Waals surface area contributed by atoms with E-state index < -0.39 is 5.60 Å². The molecule has 1 aliphatic carbocycles. The van der Waals surface area contributed by atoms with Crippen LogP contribution in [0.3, 0.4) is 0 Å². The van der Waals surface area contributed by atoms with Crippen molar-refractivity contribution in [3.8, 4) is 0 Å². The van der Waals surface area contributed by atoms with Gasteiger partial charge in [-0.25, -0.2) is 0 Å². The van der Waals surface area contributed by atoms with Crippen molar-refractivity contribution in [1.29, 1.82) is 0 Å². The second-order valence-corrected chi connectivity index (χ2v) is 5.49. The number of fused-ring (bicyclic) bond motifs is 1. The quantitative estimate of drug-likeness (QED) is 0.418. The summed E-state index contributed by atoms with van der Waals surface area (Å²) in [5, 5.41) is 0. The SMILES string of the molecule is CC(=O)/C=C/[C@]12C=CC(C)C[C@@]1(C)CC(=O)O2. The van der Waals surface area contributed by atoms with E-state index in [9.17, 15) is 9.59 Å². The lowest BCUT2D eigenvalue weighted by Gasteiger charge is -2.41. The van der Waals surface area contributed by atoms with Gasteiger partial charge in [-0.1, -0.05) is 19.9 Å². The summed E-state index contributed by atoms with van der Waals surface area (Å²) >= 11 is 0. The van der Waals surface area contributed by atoms with E-state index in [2.05, 4.69) is 19.9 Å². The molecule has 0 saturated carbocycles. The zero-order valence-corrected chi connectivity index (χ0v) is 10.5.